The first-order valence-corrected chi connectivity index (χ1v) is 3.16. The van der Waals surface area contributed by atoms with Gasteiger partial charge in [-0.25, -0.2) is 0 Å². The molecule has 0 aromatic heterocycles. The Morgan fingerprint density at radius 1 is 1.78 bits per heavy atom. The van der Waals surface area contributed by atoms with Crippen LogP contribution in [0.15, 0.2) is 0 Å². The second-order valence-electron chi connectivity index (χ2n) is 2.36. The third-order valence-corrected chi connectivity index (χ3v) is 1.72. The first-order chi connectivity index (χ1) is 4.34. The van der Waals surface area contributed by atoms with E-state index in [1.54, 1.807) is 0 Å². The van der Waals surface area contributed by atoms with Crippen LogP contribution in [0.4, 0.5) is 0 Å². The lowest BCUT2D eigenvalue weighted by molar-refractivity contribution is 0.188. The largest absolute Gasteiger partial charge is 0.381 e. The zero-order valence-corrected chi connectivity index (χ0v) is 5.55. The maximum absolute atomic E-state index is 8.45. The van der Waals surface area contributed by atoms with Gasteiger partial charge in [-0.1, -0.05) is 0 Å². The molecule has 1 fully saturated rings. The van der Waals surface area contributed by atoms with E-state index in [9.17, 15) is 0 Å². The number of ether oxygens (including phenoxy) is 1. The standard InChI is InChI=1S/C7H10NO/c1-6(4-8)7-2-3-9-5-7/h7H,2-3,5H2,1H3. The summed E-state index contributed by atoms with van der Waals surface area (Å²) in [5, 5.41) is 8.45. The van der Waals surface area contributed by atoms with Crippen molar-refractivity contribution in [2.45, 2.75) is 13.3 Å². The van der Waals surface area contributed by atoms with E-state index >= 15 is 0 Å². The summed E-state index contributed by atoms with van der Waals surface area (Å²) >= 11 is 0. The minimum Gasteiger partial charge on any atom is -0.381 e. The molecule has 0 aromatic rings. The van der Waals surface area contributed by atoms with E-state index in [1.807, 2.05) is 6.92 Å². The van der Waals surface area contributed by atoms with Crippen LogP contribution in [-0.2, 0) is 4.74 Å². The summed E-state index contributed by atoms with van der Waals surface area (Å²) in [7, 11) is 0. The maximum Gasteiger partial charge on any atom is 0.0783 e. The normalized spacial score (nSPS) is 26.6. The maximum atomic E-state index is 8.45. The van der Waals surface area contributed by atoms with Gasteiger partial charge in [0, 0.05) is 12.5 Å². The van der Waals surface area contributed by atoms with Crippen LogP contribution in [-0.4, -0.2) is 13.2 Å². The van der Waals surface area contributed by atoms with Crippen LogP contribution in [0, 0.1) is 23.2 Å². The van der Waals surface area contributed by atoms with Gasteiger partial charge in [0.2, 0.25) is 0 Å². The summed E-state index contributed by atoms with van der Waals surface area (Å²) in [6.07, 6.45) is 1.03. The second-order valence-corrected chi connectivity index (χ2v) is 2.36. The van der Waals surface area contributed by atoms with Crippen molar-refractivity contribution in [2.75, 3.05) is 13.2 Å². The molecule has 0 saturated carbocycles. The minimum atomic E-state index is 0.412. The highest BCUT2D eigenvalue weighted by molar-refractivity contribution is 5.12. The van der Waals surface area contributed by atoms with Gasteiger partial charge in [0.15, 0.2) is 0 Å². The molecule has 1 atom stereocenters. The summed E-state index contributed by atoms with van der Waals surface area (Å²) in [5.74, 6) is 1.32. The number of rotatable bonds is 1. The van der Waals surface area contributed by atoms with Gasteiger partial charge in [0.05, 0.1) is 18.6 Å². The summed E-state index contributed by atoms with van der Waals surface area (Å²) in [4.78, 5) is 0. The Labute approximate surface area is 55.4 Å². The van der Waals surface area contributed by atoms with E-state index in [4.69, 9.17) is 10.00 Å². The highest BCUT2D eigenvalue weighted by Crippen LogP contribution is 2.21. The van der Waals surface area contributed by atoms with Crippen molar-refractivity contribution in [1.29, 1.82) is 5.26 Å². The van der Waals surface area contributed by atoms with Gasteiger partial charge in [-0.2, -0.15) is 5.26 Å². The molecular weight excluding hydrogens is 114 g/mol. The van der Waals surface area contributed by atoms with Gasteiger partial charge in [0.1, 0.15) is 0 Å². The molecule has 1 radical (unpaired) electrons. The predicted molar refractivity (Wildman–Crippen MR) is 33.5 cm³/mol. The SMILES string of the molecule is C[C](C#N)C1CCOC1. The monoisotopic (exact) mass is 124 g/mol. The molecule has 0 aliphatic carbocycles. The van der Waals surface area contributed by atoms with Crippen LogP contribution < -0.4 is 0 Å². The highest BCUT2D eigenvalue weighted by Gasteiger charge is 2.22. The average Bonchev–Trinajstić information content (AvgIpc) is 2.37. The predicted octanol–water partition coefficient (Wildman–Crippen LogP) is 1.14. The lowest BCUT2D eigenvalue weighted by atomic mass is 9.95. The molecule has 0 aromatic carbocycles. The summed E-state index contributed by atoms with van der Waals surface area (Å²) < 4.78 is 5.11. The Morgan fingerprint density at radius 3 is 3.00 bits per heavy atom. The first-order valence-electron chi connectivity index (χ1n) is 3.16. The van der Waals surface area contributed by atoms with Crippen LogP contribution in [0.3, 0.4) is 0 Å². The molecule has 2 heteroatoms. The van der Waals surface area contributed by atoms with Crippen molar-refractivity contribution in [2.24, 2.45) is 5.92 Å². The molecule has 49 valence electrons. The molecule has 1 rings (SSSR count). The zero-order valence-electron chi connectivity index (χ0n) is 5.55. The molecule has 1 saturated heterocycles. The second kappa shape index (κ2) is 2.84. The van der Waals surface area contributed by atoms with Crippen molar-refractivity contribution >= 4 is 0 Å². The van der Waals surface area contributed by atoms with Crippen molar-refractivity contribution in [3.63, 3.8) is 0 Å². The van der Waals surface area contributed by atoms with Gasteiger partial charge in [-0.3, -0.25) is 0 Å². The summed E-state index contributed by atoms with van der Waals surface area (Å²) in [6, 6.07) is 2.14. The van der Waals surface area contributed by atoms with Gasteiger partial charge >= 0.3 is 0 Å². The summed E-state index contributed by atoms with van der Waals surface area (Å²) in [5.41, 5.74) is 0. The lowest BCUT2D eigenvalue weighted by Gasteiger charge is -2.05. The van der Waals surface area contributed by atoms with Crippen molar-refractivity contribution in [3.8, 4) is 6.07 Å². The molecule has 1 unspecified atom stereocenters. The van der Waals surface area contributed by atoms with Crippen LogP contribution in [0.2, 0.25) is 0 Å². The van der Waals surface area contributed by atoms with Crippen LogP contribution >= 0.6 is 0 Å². The Kier molecular flexibility index (Phi) is 2.07. The number of hydrogen-bond donors (Lipinski definition) is 0. The number of nitriles is 1. The molecule has 0 N–H and O–H groups in total. The van der Waals surface area contributed by atoms with Crippen molar-refractivity contribution in [3.05, 3.63) is 5.92 Å². The Morgan fingerprint density at radius 2 is 2.56 bits per heavy atom. The van der Waals surface area contributed by atoms with E-state index in [2.05, 4.69) is 6.07 Å². The van der Waals surface area contributed by atoms with Gasteiger partial charge < -0.3 is 4.74 Å². The summed E-state index contributed by atoms with van der Waals surface area (Å²) in [6.45, 7) is 3.45. The van der Waals surface area contributed by atoms with E-state index < -0.39 is 0 Å². The molecule has 9 heavy (non-hydrogen) atoms. The molecule has 0 amide bonds. The van der Waals surface area contributed by atoms with E-state index in [1.165, 1.54) is 0 Å². The zero-order chi connectivity index (χ0) is 6.69. The van der Waals surface area contributed by atoms with Gasteiger partial charge in [-0.15, -0.1) is 0 Å². The van der Waals surface area contributed by atoms with Crippen LogP contribution in [0.1, 0.15) is 13.3 Å². The van der Waals surface area contributed by atoms with E-state index in [-0.39, 0.29) is 0 Å². The fourth-order valence-corrected chi connectivity index (χ4v) is 0.967. The molecule has 1 aliphatic rings. The smallest absolute Gasteiger partial charge is 0.0783 e. The van der Waals surface area contributed by atoms with Crippen molar-refractivity contribution in [1.82, 2.24) is 0 Å². The fourth-order valence-electron chi connectivity index (χ4n) is 0.967. The Balaban J connectivity index is 2.34. The minimum absolute atomic E-state index is 0.412. The third-order valence-electron chi connectivity index (χ3n) is 1.72. The molecule has 1 aliphatic heterocycles. The molecule has 2 nitrogen and oxygen atoms in total. The molecule has 0 bridgehead atoms. The quantitative estimate of drug-likeness (QED) is 0.525. The van der Waals surface area contributed by atoms with Crippen molar-refractivity contribution < 1.29 is 4.74 Å². The topological polar surface area (TPSA) is 33.0 Å². The number of nitrogens with zero attached hydrogens (tertiary/aromatic N) is 1. The first kappa shape index (κ1) is 6.57. The molecule has 0 spiro atoms. The lowest BCUT2D eigenvalue weighted by Crippen LogP contribution is -2.06. The van der Waals surface area contributed by atoms with Gasteiger partial charge in [-0.05, 0) is 13.3 Å². The highest BCUT2D eigenvalue weighted by atomic mass is 16.5. The molecular formula is C7H10NO. The van der Waals surface area contributed by atoms with E-state index in [0.717, 1.165) is 25.6 Å². The third kappa shape index (κ3) is 1.43. The van der Waals surface area contributed by atoms with Crippen LogP contribution in [0.25, 0.3) is 0 Å². The number of hydrogen-bond acceptors (Lipinski definition) is 2. The Bertz CT molecular complexity index is 121. The van der Waals surface area contributed by atoms with E-state index in [0.29, 0.717) is 5.92 Å². The van der Waals surface area contributed by atoms with Gasteiger partial charge in [0.25, 0.3) is 0 Å². The van der Waals surface area contributed by atoms with Crippen LogP contribution in [0.5, 0.6) is 0 Å². The Hall–Kier alpha value is -0.550. The fraction of sp³-hybridized carbons (Fsp3) is 0.714. The average molecular weight is 124 g/mol. The molecule has 1 heterocycles.